The molecule has 2 aromatic rings. The predicted molar refractivity (Wildman–Crippen MR) is 65.3 cm³/mol. The summed E-state index contributed by atoms with van der Waals surface area (Å²) in [6.45, 7) is 3.34. The van der Waals surface area contributed by atoms with Gasteiger partial charge in [-0.1, -0.05) is 0 Å². The Labute approximate surface area is 112 Å². The normalized spacial score (nSPS) is 11.4. The molecule has 0 saturated carbocycles. The first-order valence-corrected chi connectivity index (χ1v) is 5.65. The van der Waals surface area contributed by atoms with Gasteiger partial charge in [-0.3, -0.25) is 9.89 Å². The summed E-state index contributed by atoms with van der Waals surface area (Å²) >= 11 is 0. The van der Waals surface area contributed by atoms with Gasteiger partial charge in [0.15, 0.2) is 0 Å². The second-order valence-electron chi connectivity index (χ2n) is 4.19. The highest BCUT2D eigenvalue weighted by Crippen LogP contribution is 2.27. The minimum atomic E-state index is -4.50. The van der Waals surface area contributed by atoms with Crippen molar-refractivity contribution in [3.63, 3.8) is 0 Å². The molecule has 0 aromatic carbocycles. The van der Waals surface area contributed by atoms with Crippen LogP contribution in [0.5, 0.6) is 0 Å². The van der Waals surface area contributed by atoms with Crippen molar-refractivity contribution in [1.82, 2.24) is 15.2 Å². The number of halogens is 3. The number of hydrogen-bond donors (Lipinski definition) is 2. The van der Waals surface area contributed by atoms with E-state index in [0.29, 0.717) is 17.0 Å². The lowest BCUT2D eigenvalue weighted by Gasteiger charge is -2.08. The Balaban J connectivity index is 2.17. The van der Waals surface area contributed by atoms with Crippen LogP contribution in [0.15, 0.2) is 18.3 Å². The van der Waals surface area contributed by atoms with Crippen molar-refractivity contribution in [1.29, 1.82) is 0 Å². The number of aryl methyl sites for hydroxylation is 2. The van der Waals surface area contributed by atoms with Crippen LogP contribution >= 0.6 is 0 Å². The zero-order valence-corrected chi connectivity index (χ0v) is 10.7. The molecule has 0 aliphatic heterocycles. The van der Waals surface area contributed by atoms with Gasteiger partial charge in [0.25, 0.3) is 5.91 Å². The lowest BCUT2D eigenvalue weighted by atomic mass is 10.2. The topological polar surface area (TPSA) is 70.7 Å². The van der Waals surface area contributed by atoms with Gasteiger partial charge in [-0.25, -0.2) is 4.98 Å². The van der Waals surface area contributed by atoms with Crippen LogP contribution in [0.4, 0.5) is 18.9 Å². The summed E-state index contributed by atoms with van der Waals surface area (Å²) in [6, 6.07) is 1.96. The van der Waals surface area contributed by atoms with E-state index < -0.39 is 17.8 Å². The van der Waals surface area contributed by atoms with E-state index in [2.05, 4.69) is 20.5 Å². The molecular weight excluding hydrogens is 273 g/mol. The fraction of sp³-hybridized carbons (Fsp3) is 0.250. The lowest BCUT2D eigenvalue weighted by Crippen LogP contribution is -2.14. The zero-order chi connectivity index (χ0) is 14.9. The molecule has 0 spiro atoms. The third-order valence-corrected chi connectivity index (χ3v) is 2.67. The third-order valence-electron chi connectivity index (χ3n) is 2.67. The Morgan fingerprint density at radius 3 is 2.45 bits per heavy atom. The van der Waals surface area contributed by atoms with E-state index in [9.17, 15) is 18.0 Å². The molecule has 0 bridgehead atoms. The van der Waals surface area contributed by atoms with Crippen molar-refractivity contribution in [3.05, 3.63) is 41.0 Å². The number of nitrogens with one attached hydrogen (secondary N) is 2. The number of nitrogens with zero attached hydrogens (tertiary/aromatic N) is 2. The Bertz CT molecular complexity index is 612. The number of carbonyl (C=O) groups is 1. The largest absolute Gasteiger partial charge is 0.433 e. The number of aromatic amines is 1. The second-order valence-corrected chi connectivity index (χ2v) is 4.19. The van der Waals surface area contributed by atoms with Gasteiger partial charge in [-0.2, -0.15) is 18.3 Å². The Hall–Kier alpha value is -2.38. The molecule has 106 valence electrons. The predicted octanol–water partition coefficient (Wildman–Crippen LogP) is 2.69. The van der Waals surface area contributed by atoms with Crippen LogP contribution < -0.4 is 5.32 Å². The summed E-state index contributed by atoms with van der Waals surface area (Å²) in [4.78, 5) is 15.2. The quantitative estimate of drug-likeness (QED) is 0.890. The Kier molecular flexibility index (Phi) is 3.47. The molecule has 0 fully saturated rings. The molecule has 0 aliphatic rings. The average Bonchev–Trinajstić information content (AvgIpc) is 2.68. The van der Waals surface area contributed by atoms with Crippen LogP contribution in [0.1, 0.15) is 27.4 Å². The smallest absolute Gasteiger partial charge is 0.320 e. The highest BCUT2D eigenvalue weighted by atomic mass is 19.4. The molecule has 2 heterocycles. The van der Waals surface area contributed by atoms with Gasteiger partial charge in [0.1, 0.15) is 5.69 Å². The van der Waals surface area contributed by atoms with Crippen molar-refractivity contribution in [2.24, 2.45) is 0 Å². The van der Waals surface area contributed by atoms with E-state index in [1.165, 1.54) is 0 Å². The minimum Gasteiger partial charge on any atom is -0.320 e. The van der Waals surface area contributed by atoms with Crippen LogP contribution in [0.25, 0.3) is 0 Å². The minimum absolute atomic E-state index is 0.183. The molecule has 0 unspecified atom stereocenters. The lowest BCUT2D eigenvalue weighted by molar-refractivity contribution is -0.141. The standard InChI is InChI=1S/C12H11F3N4O/c1-6-10(7(2)19-18-6)11(20)17-8-3-4-9(16-5-8)12(13,14)15/h3-5H,1-2H3,(H,17,20)(H,18,19). The summed E-state index contributed by atoms with van der Waals surface area (Å²) in [5.74, 6) is -0.449. The van der Waals surface area contributed by atoms with Crippen molar-refractivity contribution < 1.29 is 18.0 Å². The average molecular weight is 284 g/mol. The maximum atomic E-state index is 12.3. The van der Waals surface area contributed by atoms with E-state index in [4.69, 9.17) is 0 Å². The molecule has 2 N–H and O–H groups in total. The van der Waals surface area contributed by atoms with Gasteiger partial charge in [0, 0.05) is 5.69 Å². The molecule has 5 nitrogen and oxygen atoms in total. The first-order chi connectivity index (χ1) is 9.29. The number of rotatable bonds is 2. The molecule has 8 heteroatoms. The molecule has 0 radical (unpaired) electrons. The number of H-pyrrole nitrogens is 1. The maximum Gasteiger partial charge on any atom is 0.433 e. The Morgan fingerprint density at radius 1 is 1.30 bits per heavy atom. The molecule has 0 aliphatic carbocycles. The number of amides is 1. The summed E-state index contributed by atoms with van der Waals surface area (Å²) in [7, 11) is 0. The second kappa shape index (κ2) is 4.95. The fourth-order valence-electron chi connectivity index (χ4n) is 1.71. The van der Waals surface area contributed by atoms with Crippen LogP contribution in [0.3, 0.4) is 0 Å². The third kappa shape index (κ3) is 2.79. The van der Waals surface area contributed by atoms with Gasteiger partial charge >= 0.3 is 6.18 Å². The number of carbonyl (C=O) groups excluding carboxylic acids is 1. The summed E-state index contributed by atoms with van der Waals surface area (Å²) in [5.41, 5.74) is 0.638. The van der Waals surface area contributed by atoms with Crippen molar-refractivity contribution in [2.75, 3.05) is 5.32 Å². The fourth-order valence-corrected chi connectivity index (χ4v) is 1.71. The number of alkyl halides is 3. The highest BCUT2D eigenvalue weighted by Gasteiger charge is 2.32. The van der Waals surface area contributed by atoms with E-state index in [0.717, 1.165) is 18.3 Å². The number of pyridine rings is 1. The van der Waals surface area contributed by atoms with E-state index >= 15 is 0 Å². The first-order valence-electron chi connectivity index (χ1n) is 5.65. The SMILES string of the molecule is Cc1n[nH]c(C)c1C(=O)Nc1ccc(C(F)(F)F)nc1. The number of anilines is 1. The van der Waals surface area contributed by atoms with Gasteiger partial charge in [-0.15, -0.1) is 0 Å². The van der Waals surface area contributed by atoms with Crippen LogP contribution in [0, 0.1) is 13.8 Å². The molecule has 2 rings (SSSR count). The molecular formula is C12H11F3N4O. The van der Waals surface area contributed by atoms with Gasteiger partial charge in [0.2, 0.25) is 0 Å². The molecule has 2 aromatic heterocycles. The van der Waals surface area contributed by atoms with Gasteiger partial charge in [-0.05, 0) is 26.0 Å². The maximum absolute atomic E-state index is 12.3. The summed E-state index contributed by atoms with van der Waals surface area (Å²) in [5, 5.41) is 9.01. The van der Waals surface area contributed by atoms with Crippen molar-refractivity contribution in [3.8, 4) is 0 Å². The van der Waals surface area contributed by atoms with E-state index in [1.54, 1.807) is 13.8 Å². The van der Waals surface area contributed by atoms with Crippen molar-refractivity contribution in [2.45, 2.75) is 20.0 Å². The van der Waals surface area contributed by atoms with E-state index in [1.807, 2.05) is 0 Å². The van der Waals surface area contributed by atoms with Crippen LogP contribution in [-0.2, 0) is 6.18 Å². The van der Waals surface area contributed by atoms with E-state index in [-0.39, 0.29) is 5.69 Å². The highest BCUT2D eigenvalue weighted by molar-refractivity contribution is 6.05. The summed E-state index contributed by atoms with van der Waals surface area (Å²) in [6.07, 6.45) is -3.54. The van der Waals surface area contributed by atoms with Crippen LogP contribution in [-0.4, -0.2) is 21.1 Å². The van der Waals surface area contributed by atoms with Crippen LogP contribution in [0.2, 0.25) is 0 Å². The van der Waals surface area contributed by atoms with Gasteiger partial charge < -0.3 is 5.32 Å². The first kappa shape index (κ1) is 14.0. The molecule has 1 amide bonds. The summed E-state index contributed by atoms with van der Waals surface area (Å²) < 4.78 is 37.0. The van der Waals surface area contributed by atoms with Gasteiger partial charge in [0.05, 0.1) is 23.1 Å². The van der Waals surface area contributed by atoms with Crippen molar-refractivity contribution >= 4 is 11.6 Å². The molecule has 0 saturated heterocycles. The number of aromatic nitrogens is 3. The molecule has 20 heavy (non-hydrogen) atoms. The zero-order valence-electron chi connectivity index (χ0n) is 10.7. The number of hydrogen-bond acceptors (Lipinski definition) is 3. The monoisotopic (exact) mass is 284 g/mol. The molecule has 0 atom stereocenters. The Morgan fingerprint density at radius 2 is 2.00 bits per heavy atom.